The highest BCUT2D eigenvalue weighted by atomic mass is 127. The van der Waals surface area contributed by atoms with E-state index < -0.39 is 0 Å². The van der Waals surface area contributed by atoms with Gasteiger partial charge in [0, 0.05) is 30.9 Å². The van der Waals surface area contributed by atoms with E-state index in [1.54, 1.807) is 18.4 Å². The number of aliphatic imine (C=N–C) groups is 1. The molecular formula is C17H29IN4O2S. The Balaban J connectivity index is 0.00000312. The Bertz CT molecular complexity index is 535. The third-order valence-electron chi connectivity index (χ3n) is 4.09. The van der Waals surface area contributed by atoms with Crippen molar-refractivity contribution in [3.8, 4) is 0 Å². The molecule has 0 saturated heterocycles. The molecule has 1 aliphatic rings. The van der Waals surface area contributed by atoms with Crippen LogP contribution in [0.25, 0.3) is 0 Å². The minimum absolute atomic E-state index is 0. The summed E-state index contributed by atoms with van der Waals surface area (Å²) in [4.78, 5) is 17.3. The van der Waals surface area contributed by atoms with Crippen LogP contribution in [0.1, 0.15) is 37.5 Å². The van der Waals surface area contributed by atoms with Gasteiger partial charge in [-0.3, -0.25) is 4.99 Å². The number of carbonyl (C=O) groups is 1. The van der Waals surface area contributed by atoms with Gasteiger partial charge in [-0.1, -0.05) is 13.0 Å². The molecule has 1 amide bonds. The first-order valence-electron chi connectivity index (χ1n) is 8.55. The van der Waals surface area contributed by atoms with Gasteiger partial charge in [0.25, 0.3) is 0 Å². The predicted molar refractivity (Wildman–Crippen MR) is 114 cm³/mol. The van der Waals surface area contributed by atoms with Crippen molar-refractivity contribution < 1.29 is 9.53 Å². The highest BCUT2D eigenvalue weighted by Gasteiger charge is 2.32. The van der Waals surface area contributed by atoms with E-state index >= 15 is 0 Å². The van der Waals surface area contributed by atoms with Crippen LogP contribution >= 0.6 is 35.3 Å². The zero-order chi connectivity index (χ0) is 17.4. The molecular weight excluding hydrogens is 451 g/mol. The van der Waals surface area contributed by atoms with E-state index in [4.69, 9.17) is 4.74 Å². The van der Waals surface area contributed by atoms with Gasteiger partial charge in [0.15, 0.2) is 5.96 Å². The fraction of sp³-hybridized carbons (Fsp3) is 0.647. The normalized spacial score (nSPS) is 16.4. The maximum atomic E-state index is 11.6. The van der Waals surface area contributed by atoms with Gasteiger partial charge in [0.2, 0.25) is 0 Å². The molecule has 1 aromatic heterocycles. The van der Waals surface area contributed by atoms with Gasteiger partial charge in [0.1, 0.15) is 0 Å². The summed E-state index contributed by atoms with van der Waals surface area (Å²) in [5, 5.41) is 11.7. The Labute approximate surface area is 171 Å². The van der Waals surface area contributed by atoms with Crippen molar-refractivity contribution in [2.75, 3.05) is 26.7 Å². The first kappa shape index (κ1) is 22.0. The van der Waals surface area contributed by atoms with Gasteiger partial charge in [-0.25, -0.2) is 4.79 Å². The summed E-state index contributed by atoms with van der Waals surface area (Å²) in [7, 11) is 1.76. The molecule has 3 N–H and O–H groups in total. The molecule has 142 valence electrons. The maximum absolute atomic E-state index is 11.6. The summed E-state index contributed by atoms with van der Waals surface area (Å²) in [6.07, 6.45) is 1.96. The van der Waals surface area contributed by atoms with E-state index in [9.17, 15) is 4.79 Å². The summed E-state index contributed by atoms with van der Waals surface area (Å²) >= 11 is 1.77. The molecule has 0 aromatic carbocycles. The lowest BCUT2D eigenvalue weighted by molar-refractivity contribution is 0.146. The van der Waals surface area contributed by atoms with Crippen LogP contribution in [-0.4, -0.2) is 44.8 Å². The third-order valence-corrected chi connectivity index (χ3v) is 5.19. The van der Waals surface area contributed by atoms with Crippen LogP contribution in [0.2, 0.25) is 0 Å². The second kappa shape index (κ2) is 11.6. The lowest BCUT2D eigenvalue weighted by Gasteiger charge is -2.21. The summed E-state index contributed by atoms with van der Waals surface area (Å²) in [6.45, 7) is 5.86. The van der Waals surface area contributed by atoms with Crippen molar-refractivity contribution in [3.05, 3.63) is 22.4 Å². The van der Waals surface area contributed by atoms with Crippen LogP contribution in [0.3, 0.4) is 0 Å². The second-order valence-corrected chi connectivity index (χ2v) is 7.04. The second-order valence-electron chi connectivity index (χ2n) is 6.06. The van der Waals surface area contributed by atoms with Crippen molar-refractivity contribution >= 4 is 47.4 Å². The van der Waals surface area contributed by atoms with Crippen LogP contribution in [0.4, 0.5) is 4.79 Å². The van der Waals surface area contributed by atoms with E-state index in [1.165, 1.54) is 4.88 Å². The maximum Gasteiger partial charge on any atom is 0.407 e. The summed E-state index contributed by atoms with van der Waals surface area (Å²) in [6, 6.07) is 4.31. The first-order valence-corrected chi connectivity index (χ1v) is 9.43. The lowest BCUT2D eigenvalue weighted by Crippen LogP contribution is -2.48. The van der Waals surface area contributed by atoms with Crippen molar-refractivity contribution in [1.82, 2.24) is 16.0 Å². The summed E-state index contributed by atoms with van der Waals surface area (Å²) in [5.74, 6) is 1.72. The van der Waals surface area contributed by atoms with E-state index in [2.05, 4.69) is 45.4 Å². The number of nitrogens with zero attached hydrogens (tertiary/aromatic N) is 1. The number of guanidine groups is 1. The Kier molecular flexibility index (Phi) is 10.2. The number of ether oxygens (including phenoxy) is 1. The molecule has 2 unspecified atom stereocenters. The van der Waals surface area contributed by atoms with Gasteiger partial charge in [0.05, 0.1) is 12.6 Å². The monoisotopic (exact) mass is 480 g/mol. The zero-order valence-corrected chi connectivity index (χ0v) is 18.2. The molecule has 6 nitrogen and oxygen atoms in total. The number of halogens is 1. The van der Waals surface area contributed by atoms with Crippen molar-refractivity contribution in [2.45, 2.75) is 38.6 Å². The minimum Gasteiger partial charge on any atom is -0.450 e. The zero-order valence-electron chi connectivity index (χ0n) is 15.1. The molecule has 8 heteroatoms. The molecule has 2 atom stereocenters. The van der Waals surface area contributed by atoms with Gasteiger partial charge in [-0.2, -0.15) is 0 Å². The van der Waals surface area contributed by atoms with E-state index in [1.807, 2.05) is 6.92 Å². The van der Waals surface area contributed by atoms with E-state index in [0.717, 1.165) is 25.3 Å². The van der Waals surface area contributed by atoms with Gasteiger partial charge in [-0.05, 0) is 37.1 Å². The molecule has 2 rings (SSSR count). The first-order chi connectivity index (χ1) is 11.6. The molecule has 0 bridgehead atoms. The number of thiophene rings is 1. The SMILES string of the molecule is CCOC(=O)NC(CNC(=NC)NCC(C)c1cccs1)C1CC1.I. The third kappa shape index (κ3) is 7.81. The standard InChI is InChI=1S/C17H28N4O2S.HI/c1-4-23-17(22)21-14(13-7-8-13)11-20-16(18-3)19-10-12(2)15-6-5-9-24-15;/h5-6,9,12-14H,4,7-8,10-11H2,1-3H3,(H,21,22)(H2,18,19,20);1H. The topological polar surface area (TPSA) is 74.8 Å². The molecule has 0 aliphatic heterocycles. The van der Waals surface area contributed by atoms with Gasteiger partial charge < -0.3 is 20.7 Å². The average Bonchev–Trinajstić information content (AvgIpc) is 3.27. The van der Waals surface area contributed by atoms with Gasteiger partial charge >= 0.3 is 6.09 Å². The Hall–Kier alpha value is -1.03. The van der Waals surface area contributed by atoms with E-state index in [0.29, 0.717) is 25.0 Å². The highest BCUT2D eigenvalue weighted by Crippen LogP contribution is 2.32. The molecule has 0 spiro atoms. The van der Waals surface area contributed by atoms with Crippen molar-refractivity contribution in [1.29, 1.82) is 0 Å². The molecule has 0 radical (unpaired) electrons. The molecule has 1 aliphatic carbocycles. The molecule has 1 heterocycles. The highest BCUT2D eigenvalue weighted by molar-refractivity contribution is 14.0. The number of nitrogens with one attached hydrogen (secondary N) is 3. The fourth-order valence-corrected chi connectivity index (χ4v) is 3.29. The number of hydrogen-bond donors (Lipinski definition) is 3. The predicted octanol–water partition coefficient (Wildman–Crippen LogP) is 3.16. The fourth-order valence-electron chi connectivity index (χ4n) is 2.51. The largest absolute Gasteiger partial charge is 0.450 e. The van der Waals surface area contributed by atoms with Crippen molar-refractivity contribution in [3.63, 3.8) is 0 Å². The molecule has 1 fully saturated rings. The minimum atomic E-state index is -0.342. The van der Waals surface area contributed by atoms with E-state index in [-0.39, 0.29) is 36.1 Å². The number of carbonyl (C=O) groups excluding carboxylic acids is 1. The Morgan fingerprint density at radius 3 is 2.68 bits per heavy atom. The molecule has 1 saturated carbocycles. The lowest BCUT2D eigenvalue weighted by atomic mass is 10.1. The number of alkyl carbamates (subject to hydrolysis) is 1. The van der Waals surface area contributed by atoms with Crippen LogP contribution in [0.5, 0.6) is 0 Å². The Morgan fingerprint density at radius 2 is 2.12 bits per heavy atom. The van der Waals surface area contributed by atoms with Gasteiger partial charge in [-0.15, -0.1) is 35.3 Å². The number of amides is 1. The molecule has 1 aromatic rings. The quantitative estimate of drug-likeness (QED) is 0.304. The van der Waals surface area contributed by atoms with Crippen molar-refractivity contribution in [2.24, 2.45) is 10.9 Å². The van der Waals surface area contributed by atoms with Crippen LogP contribution in [0.15, 0.2) is 22.5 Å². The summed E-state index contributed by atoms with van der Waals surface area (Å²) in [5.41, 5.74) is 0. The average molecular weight is 480 g/mol. The number of hydrogen-bond acceptors (Lipinski definition) is 4. The number of rotatable bonds is 8. The van der Waals surface area contributed by atoms with Crippen LogP contribution in [0, 0.1) is 5.92 Å². The van der Waals surface area contributed by atoms with Crippen LogP contribution in [-0.2, 0) is 4.74 Å². The van der Waals surface area contributed by atoms with Crippen LogP contribution < -0.4 is 16.0 Å². The smallest absolute Gasteiger partial charge is 0.407 e. The summed E-state index contributed by atoms with van der Waals surface area (Å²) < 4.78 is 4.98. The Morgan fingerprint density at radius 1 is 1.40 bits per heavy atom. The molecule has 25 heavy (non-hydrogen) atoms.